The van der Waals surface area contributed by atoms with E-state index in [1.807, 2.05) is 0 Å². The highest BCUT2D eigenvalue weighted by Gasteiger charge is 2.27. The molecule has 0 aliphatic carbocycles. The topological polar surface area (TPSA) is 194 Å². The first-order chi connectivity index (χ1) is 17.9. The number of aryl methyl sites for hydroxylation is 2. The van der Waals surface area contributed by atoms with Crippen molar-refractivity contribution in [1.29, 1.82) is 0 Å². The number of imide groups is 1. The Bertz CT molecular complexity index is 1190. The van der Waals surface area contributed by atoms with Gasteiger partial charge in [0.15, 0.2) is 11.5 Å². The van der Waals surface area contributed by atoms with E-state index in [1.54, 1.807) is 18.2 Å². The van der Waals surface area contributed by atoms with Crippen molar-refractivity contribution in [3.05, 3.63) is 59.2 Å². The van der Waals surface area contributed by atoms with Crippen LogP contribution in [0.1, 0.15) is 34.3 Å². The lowest BCUT2D eigenvalue weighted by molar-refractivity contribution is -0.139. The first kappa shape index (κ1) is 30.0. The van der Waals surface area contributed by atoms with Gasteiger partial charge < -0.3 is 31.1 Å². The Kier molecular flexibility index (Phi) is 10.9. The molecule has 12 nitrogen and oxygen atoms in total. The standard InChI is InChI=1S/C25H29N3O9S/c1-28(25(36)37)23(33)18(13-38)26-21(31)11-9-17(24(34)35)27-22(32)16-7-4-14(5-8-16)2-3-15-6-10-19(29)20(30)12-15/h4-8,10,12,17-18,29-30,38H,2-3,9,11,13H2,1H3,(H,26,31)(H,27,32)(H,34,35)(H,36,37). The van der Waals surface area contributed by atoms with Gasteiger partial charge in [0, 0.05) is 24.8 Å². The second kappa shape index (κ2) is 13.9. The molecular formula is C25H29N3O9S. The summed E-state index contributed by atoms with van der Waals surface area (Å²) in [4.78, 5) is 59.9. The van der Waals surface area contributed by atoms with Crippen molar-refractivity contribution >= 4 is 42.4 Å². The molecule has 2 atom stereocenters. The summed E-state index contributed by atoms with van der Waals surface area (Å²) in [5.41, 5.74) is 1.92. The van der Waals surface area contributed by atoms with E-state index in [1.165, 1.54) is 24.3 Å². The minimum absolute atomic E-state index is 0.172. The number of carbonyl (C=O) groups is 5. The highest BCUT2D eigenvalue weighted by Crippen LogP contribution is 2.25. The van der Waals surface area contributed by atoms with Crippen molar-refractivity contribution < 1.29 is 44.4 Å². The van der Waals surface area contributed by atoms with E-state index in [-0.39, 0.29) is 35.7 Å². The molecule has 0 heterocycles. The molecule has 2 rings (SSSR count). The minimum Gasteiger partial charge on any atom is -0.504 e. The summed E-state index contributed by atoms with van der Waals surface area (Å²) >= 11 is 3.94. The monoisotopic (exact) mass is 547 g/mol. The Morgan fingerprint density at radius 3 is 2.03 bits per heavy atom. The highest BCUT2D eigenvalue weighted by atomic mass is 32.1. The number of aliphatic carboxylic acids is 1. The van der Waals surface area contributed by atoms with Gasteiger partial charge in [0.25, 0.3) is 11.8 Å². The molecule has 0 saturated carbocycles. The van der Waals surface area contributed by atoms with Gasteiger partial charge in [-0.3, -0.25) is 14.4 Å². The van der Waals surface area contributed by atoms with Crippen LogP contribution in [-0.2, 0) is 27.2 Å². The summed E-state index contributed by atoms with van der Waals surface area (Å²) in [7, 11) is 1.03. The summed E-state index contributed by atoms with van der Waals surface area (Å²) in [5, 5.41) is 42.0. The summed E-state index contributed by atoms with van der Waals surface area (Å²) in [6.07, 6.45) is -0.953. The first-order valence-electron chi connectivity index (χ1n) is 11.5. The Morgan fingerprint density at radius 1 is 0.868 bits per heavy atom. The maximum Gasteiger partial charge on any atom is 0.413 e. The van der Waals surface area contributed by atoms with Crippen LogP contribution >= 0.6 is 12.6 Å². The largest absolute Gasteiger partial charge is 0.504 e. The highest BCUT2D eigenvalue weighted by molar-refractivity contribution is 7.80. The zero-order chi connectivity index (χ0) is 28.4. The van der Waals surface area contributed by atoms with E-state index in [9.17, 15) is 39.3 Å². The second-order valence-electron chi connectivity index (χ2n) is 8.41. The van der Waals surface area contributed by atoms with Crippen LogP contribution in [0.5, 0.6) is 11.5 Å². The third kappa shape index (κ3) is 8.69. The van der Waals surface area contributed by atoms with E-state index in [0.29, 0.717) is 17.7 Å². The van der Waals surface area contributed by atoms with Crippen LogP contribution in [0, 0.1) is 0 Å². The smallest absolute Gasteiger partial charge is 0.413 e. The summed E-state index contributed by atoms with van der Waals surface area (Å²) in [5.74, 6) is -4.19. The number of carboxylic acid groups (broad SMARTS) is 2. The summed E-state index contributed by atoms with van der Waals surface area (Å²) in [6.45, 7) is 0. The van der Waals surface area contributed by atoms with Crippen LogP contribution in [0.2, 0.25) is 0 Å². The molecule has 6 N–H and O–H groups in total. The Balaban J connectivity index is 1.91. The van der Waals surface area contributed by atoms with E-state index in [4.69, 9.17) is 5.11 Å². The molecule has 2 unspecified atom stereocenters. The average Bonchev–Trinajstić information content (AvgIpc) is 2.89. The number of phenols is 2. The van der Waals surface area contributed by atoms with E-state index < -0.39 is 41.9 Å². The van der Waals surface area contributed by atoms with Crippen molar-refractivity contribution in [1.82, 2.24) is 15.5 Å². The number of carboxylic acids is 1. The van der Waals surface area contributed by atoms with Crippen LogP contribution in [0.3, 0.4) is 0 Å². The Labute approximate surface area is 223 Å². The predicted molar refractivity (Wildman–Crippen MR) is 138 cm³/mol. The number of likely N-dealkylation sites (N-methyl/N-ethyl adjacent to an activating group) is 1. The fourth-order valence-electron chi connectivity index (χ4n) is 3.39. The Hall–Kier alpha value is -4.26. The lowest BCUT2D eigenvalue weighted by Crippen LogP contribution is -2.50. The molecule has 4 amide bonds. The number of hydrogen-bond donors (Lipinski definition) is 7. The van der Waals surface area contributed by atoms with E-state index in [0.717, 1.165) is 18.2 Å². The molecule has 0 radical (unpaired) electrons. The molecule has 0 fully saturated rings. The molecule has 2 aromatic carbocycles. The maximum absolute atomic E-state index is 12.6. The zero-order valence-electron chi connectivity index (χ0n) is 20.5. The Morgan fingerprint density at radius 2 is 1.47 bits per heavy atom. The lowest BCUT2D eigenvalue weighted by Gasteiger charge is -2.20. The van der Waals surface area contributed by atoms with Gasteiger partial charge in [-0.25, -0.2) is 14.5 Å². The number of phenolic OH excluding ortho intramolecular Hbond substituents is 2. The van der Waals surface area contributed by atoms with Crippen LogP contribution in [0.25, 0.3) is 0 Å². The van der Waals surface area contributed by atoms with Gasteiger partial charge in [-0.2, -0.15) is 12.6 Å². The number of nitrogens with one attached hydrogen (secondary N) is 2. The van der Waals surface area contributed by atoms with Crippen molar-refractivity contribution in [3.63, 3.8) is 0 Å². The molecule has 0 aliphatic heterocycles. The van der Waals surface area contributed by atoms with E-state index in [2.05, 4.69) is 23.3 Å². The van der Waals surface area contributed by atoms with Crippen LogP contribution in [0.15, 0.2) is 42.5 Å². The molecular weight excluding hydrogens is 518 g/mol. The molecule has 0 bridgehead atoms. The van der Waals surface area contributed by atoms with Crippen molar-refractivity contribution in [2.45, 2.75) is 37.8 Å². The number of nitrogens with zero attached hydrogens (tertiary/aromatic N) is 1. The van der Waals surface area contributed by atoms with Gasteiger partial charge in [0.2, 0.25) is 5.91 Å². The molecule has 0 aliphatic rings. The van der Waals surface area contributed by atoms with Gasteiger partial charge in [-0.05, 0) is 54.7 Å². The molecule has 0 spiro atoms. The molecule has 0 saturated heterocycles. The van der Waals surface area contributed by atoms with Gasteiger partial charge >= 0.3 is 12.1 Å². The zero-order valence-corrected chi connectivity index (χ0v) is 21.4. The van der Waals surface area contributed by atoms with Gasteiger partial charge in [0.1, 0.15) is 12.1 Å². The molecule has 2 aromatic rings. The number of carbonyl (C=O) groups excluding carboxylic acids is 3. The second-order valence-corrected chi connectivity index (χ2v) is 8.77. The fourth-order valence-corrected chi connectivity index (χ4v) is 3.64. The predicted octanol–water partition coefficient (Wildman–Crippen LogP) is 1.40. The minimum atomic E-state index is -1.50. The average molecular weight is 548 g/mol. The number of benzene rings is 2. The number of rotatable bonds is 12. The van der Waals surface area contributed by atoms with E-state index >= 15 is 0 Å². The SMILES string of the molecule is CN(C(=O)O)C(=O)C(CS)NC(=O)CCC(NC(=O)c1ccc(CCc2ccc(O)c(O)c2)cc1)C(=O)O. The maximum atomic E-state index is 12.6. The quantitative estimate of drug-likeness (QED) is 0.152. The van der Waals surface area contributed by atoms with Crippen molar-refractivity contribution in [2.75, 3.05) is 12.8 Å². The third-order valence-corrected chi connectivity index (χ3v) is 6.02. The fraction of sp³-hybridized carbons (Fsp3) is 0.320. The van der Waals surface area contributed by atoms with Gasteiger partial charge in [-0.15, -0.1) is 0 Å². The molecule has 0 aromatic heterocycles. The normalized spacial score (nSPS) is 12.2. The number of aromatic hydroxyl groups is 2. The summed E-state index contributed by atoms with van der Waals surface area (Å²) in [6, 6.07) is 8.44. The van der Waals surface area contributed by atoms with Crippen molar-refractivity contribution in [3.8, 4) is 11.5 Å². The van der Waals surface area contributed by atoms with Gasteiger partial charge in [0.05, 0.1) is 0 Å². The van der Waals surface area contributed by atoms with Crippen LogP contribution in [-0.4, -0.2) is 80.0 Å². The van der Waals surface area contributed by atoms with Gasteiger partial charge in [-0.1, -0.05) is 18.2 Å². The summed E-state index contributed by atoms with van der Waals surface area (Å²) < 4.78 is 0. The molecule has 204 valence electrons. The third-order valence-electron chi connectivity index (χ3n) is 5.66. The number of thiol groups is 1. The van der Waals surface area contributed by atoms with Crippen LogP contribution in [0.4, 0.5) is 4.79 Å². The molecule has 38 heavy (non-hydrogen) atoms. The molecule has 13 heteroatoms. The van der Waals surface area contributed by atoms with Crippen molar-refractivity contribution in [2.24, 2.45) is 0 Å². The number of amides is 4. The lowest BCUT2D eigenvalue weighted by atomic mass is 10.0. The number of hydrogen-bond acceptors (Lipinski definition) is 8. The van der Waals surface area contributed by atoms with Crippen LogP contribution < -0.4 is 10.6 Å². The first-order valence-corrected chi connectivity index (χ1v) is 12.1.